The molecular weight excluding hydrogens is 322 g/mol. The van der Waals surface area contributed by atoms with Crippen LogP contribution in [-0.4, -0.2) is 41.3 Å². The number of benzene rings is 1. The number of rotatable bonds is 1. The van der Waals surface area contributed by atoms with Crippen LogP contribution in [0.5, 0.6) is 0 Å². The number of nitrogens with zero attached hydrogens (tertiary/aromatic N) is 3. The molecule has 0 spiro atoms. The van der Waals surface area contributed by atoms with Crippen molar-refractivity contribution in [2.45, 2.75) is 25.9 Å². The Morgan fingerprint density at radius 1 is 1.40 bits per heavy atom. The van der Waals surface area contributed by atoms with Gasteiger partial charge in [-0.25, -0.2) is 4.79 Å². The molecule has 5 nitrogen and oxygen atoms in total. The summed E-state index contributed by atoms with van der Waals surface area (Å²) in [5.74, 6) is 0. The fourth-order valence-electron chi connectivity index (χ4n) is 2.77. The fourth-order valence-corrected chi connectivity index (χ4v) is 3.13. The molecule has 6 heteroatoms. The number of hydrogen-bond acceptors (Lipinski definition) is 3. The summed E-state index contributed by atoms with van der Waals surface area (Å²) in [6.45, 7) is 4.96. The molecule has 1 aliphatic heterocycles. The van der Waals surface area contributed by atoms with E-state index in [4.69, 9.17) is 0 Å². The molecule has 20 heavy (non-hydrogen) atoms. The topological polar surface area (TPSA) is 67.6 Å². The van der Waals surface area contributed by atoms with Crippen LogP contribution in [0.25, 0.3) is 0 Å². The Morgan fingerprint density at radius 2 is 2.00 bits per heavy atom. The van der Waals surface area contributed by atoms with Crippen LogP contribution in [0.3, 0.4) is 0 Å². The number of halogens is 1. The standard InChI is InChI=1S/C14H16BrN3O2/c1-9-7-17(8-10(2)18(9)14(19)20)13-4-3-12(15)5-11(13)6-16/h3-5,9-10H,7-8H2,1-2H3,(H,19,20)/t9-,10?/m0/s1. The molecule has 0 radical (unpaired) electrons. The zero-order valence-corrected chi connectivity index (χ0v) is 13.0. The van der Waals surface area contributed by atoms with Crippen molar-refractivity contribution in [1.82, 2.24) is 4.90 Å². The lowest BCUT2D eigenvalue weighted by Crippen LogP contribution is -2.58. The van der Waals surface area contributed by atoms with Crippen molar-refractivity contribution in [1.29, 1.82) is 5.26 Å². The third kappa shape index (κ3) is 2.73. The first-order valence-electron chi connectivity index (χ1n) is 6.40. The summed E-state index contributed by atoms with van der Waals surface area (Å²) in [7, 11) is 0. The van der Waals surface area contributed by atoms with Crippen molar-refractivity contribution in [3.8, 4) is 6.07 Å². The van der Waals surface area contributed by atoms with Crippen molar-refractivity contribution < 1.29 is 9.90 Å². The van der Waals surface area contributed by atoms with Gasteiger partial charge in [0.05, 0.1) is 23.3 Å². The van der Waals surface area contributed by atoms with Crippen molar-refractivity contribution in [3.05, 3.63) is 28.2 Å². The quantitative estimate of drug-likeness (QED) is 0.855. The lowest BCUT2D eigenvalue weighted by Gasteiger charge is -2.44. The summed E-state index contributed by atoms with van der Waals surface area (Å²) in [4.78, 5) is 14.8. The predicted molar refractivity (Wildman–Crippen MR) is 79.9 cm³/mol. The molecule has 1 saturated heterocycles. The Bertz CT molecular complexity index is 558. The van der Waals surface area contributed by atoms with E-state index in [0.717, 1.165) is 10.2 Å². The van der Waals surface area contributed by atoms with Gasteiger partial charge < -0.3 is 10.0 Å². The second-order valence-electron chi connectivity index (χ2n) is 5.07. The van der Waals surface area contributed by atoms with Crippen LogP contribution in [0.2, 0.25) is 0 Å². The molecule has 0 aliphatic carbocycles. The molecule has 1 amide bonds. The first-order chi connectivity index (χ1) is 9.43. The van der Waals surface area contributed by atoms with E-state index in [1.807, 2.05) is 26.0 Å². The maximum Gasteiger partial charge on any atom is 0.407 e. The number of carboxylic acid groups (broad SMARTS) is 1. The fraction of sp³-hybridized carbons (Fsp3) is 0.429. The molecule has 0 aromatic heterocycles. The van der Waals surface area contributed by atoms with Crippen LogP contribution >= 0.6 is 15.9 Å². The molecule has 1 aromatic carbocycles. The van der Waals surface area contributed by atoms with Crippen molar-refractivity contribution in [2.75, 3.05) is 18.0 Å². The van der Waals surface area contributed by atoms with Crippen molar-refractivity contribution in [2.24, 2.45) is 0 Å². The van der Waals surface area contributed by atoms with Crippen LogP contribution in [0, 0.1) is 11.3 Å². The number of piperazine rings is 1. The number of carbonyl (C=O) groups is 1. The Kier molecular flexibility index (Phi) is 4.19. The third-order valence-electron chi connectivity index (χ3n) is 3.56. The summed E-state index contributed by atoms with van der Waals surface area (Å²) >= 11 is 3.36. The molecule has 1 unspecified atom stereocenters. The summed E-state index contributed by atoms with van der Waals surface area (Å²) in [6, 6.07) is 7.57. The van der Waals surface area contributed by atoms with E-state index in [9.17, 15) is 15.2 Å². The molecule has 1 N–H and O–H groups in total. The largest absolute Gasteiger partial charge is 0.465 e. The number of hydrogen-bond donors (Lipinski definition) is 1. The van der Waals surface area contributed by atoms with Crippen LogP contribution in [-0.2, 0) is 0 Å². The van der Waals surface area contributed by atoms with Gasteiger partial charge in [-0.05, 0) is 32.0 Å². The monoisotopic (exact) mass is 337 g/mol. The maximum absolute atomic E-state index is 11.2. The second kappa shape index (κ2) is 5.71. The molecule has 0 bridgehead atoms. The lowest BCUT2D eigenvalue weighted by molar-refractivity contribution is 0.0982. The SMILES string of the molecule is CC1CN(c2ccc(Br)cc2C#N)C[C@H](C)N1C(=O)O. The normalized spacial score (nSPS) is 22.5. The first-order valence-corrected chi connectivity index (χ1v) is 7.19. The average Bonchev–Trinajstić information content (AvgIpc) is 2.37. The number of amides is 1. The molecule has 2 rings (SSSR count). The minimum atomic E-state index is -0.888. The minimum absolute atomic E-state index is 0.105. The maximum atomic E-state index is 11.2. The summed E-state index contributed by atoms with van der Waals surface area (Å²) in [5.41, 5.74) is 1.46. The van der Waals surface area contributed by atoms with Gasteiger partial charge in [-0.2, -0.15) is 5.26 Å². The van der Waals surface area contributed by atoms with Gasteiger partial charge in [-0.3, -0.25) is 4.90 Å². The average molecular weight is 338 g/mol. The minimum Gasteiger partial charge on any atom is -0.465 e. The first kappa shape index (κ1) is 14.7. The van der Waals surface area contributed by atoms with Gasteiger partial charge in [0.25, 0.3) is 0 Å². The Labute approximate surface area is 126 Å². The van der Waals surface area contributed by atoms with E-state index < -0.39 is 6.09 Å². The molecular formula is C14H16BrN3O2. The van der Waals surface area contributed by atoms with Gasteiger partial charge in [-0.1, -0.05) is 15.9 Å². The van der Waals surface area contributed by atoms with E-state index in [0.29, 0.717) is 18.7 Å². The highest BCUT2D eigenvalue weighted by Crippen LogP contribution is 2.27. The number of anilines is 1. The highest BCUT2D eigenvalue weighted by atomic mass is 79.9. The van der Waals surface area contributed by atoms with Crippen LogP contribution in [0.4, 0.5) is 10.5 Å². The molecule has 0 saturated carbocycles. The molecule has 1 aromatic rings. The van der Waals surface area contributed by atoms with Crippen LogP contribution < -0.4 is 4.90 Å². The smallest absolute Gasteiger partial charge is 0.407 e. The van der Waals surface area contributed by atoms with E-state index in [2.05, 4.69) is 26.9 Å². The van der Waals surface area contributed by atoms with Crippen LogP contribution in [0.1, 0.15) is 19.4 Å². The van der Waals surface area contributed by atoms with Gasteiger partial charge in [0.1, 0.15) is 6.07 Å². The van der Waals surface area contributed by atoms with Gasteiger partial charge in [0.15, 0.2) is 0 Å². The molecule has 1 heterocycles. The van der Waals surface area contributed by atoms with E-state index in [1.54, 1.807) is 6.07 Å². The Balaban J connectivity index is 2.29. The Morgan fingerprint density at radius 3 is 2.50 bits per heavy atom. The van der Waals surface area contributed by atoms with Crippen molar-refractivity contribution >= 4 is 27.7 Å². The predicted octanol–water partition coefficient (Wildman–Crippen LogP) is 2.90. The van der Waals surface area contributed by atoms with Crippen LogP contribution in [0.15, 0.2) is 22.7 Å². The third-order valence-corrected chi connectivity index (χ3v) is 4.05. The molecule has 1 aliphatic rings. The zero-order valence-electron chi connectivity index (χ0n) is 11.4. The second-order valence-corrected chi connectivity index (χ2v) is 5.98. The lowest BCUT2D eigenvalue weighted by atomic mass is 10.1. The molecule has 2 atom stereocenters. The molecule has 106 valence electrons. The Hall–Kier alpha value is -1.74. The highest BCUT2D eigenvalue weighted by Gasteiger charge is 2.33. The van der Waals surface area contributed by atoms with E-state index in [-0.39, 0.29) is 12.1 Å². The highest BCUT2D eigenvalue weighted by molar-refractivity contribution is 9.10. The summed E-state index contributed by atoms with van der Waals surface area (Å²) in [5, 5.41) is 18.5. The molecule has 1 fully saturated rings. The van der Waals surface area contributed by atoms with Gasteiger partial charge in [0, 0.05) is 17.6 Å². The number of nitriles is 1. The van der Waals surface area contributed by atoms with Gasteiger partial charge in [-0.15, -0.1) is 0 Å². The van der Waals surface area contributed by atoms with Gasteiger partial charge in [0.2, 0.25) is 0 Å². The van der Waals surface area contributed by atoms with Gasteiger partial charge >= 0.3 is 6.09 Å². The van der Waals surface area contributed by atoms with E-state index >= 15 is 0 Å². The van der Waals surface area contributed by atoms with Crippen molar-refractivity contribution in [3.63, 3.8) is 0 Å². The summed E-state index contributed by atoms with van der Waals surface area (Å²) < 4.78 is 0.864. The summed E-state index contributed by atoms with van der Waals surface area (Å²) in [6.07, 6.45) is -0.888. The van der Waals surface area contributed by atoms with E-state index in [1.165, 1.54) is 4.90 Å². The zero-order chi connectivity index (χ0) is 14.9.